The highest BCUT2D eigenvalue weighted by Gasteiger charge is 2.16. The summed E-state index contributed by atoms with van der Waals surface area (Å²) in [6, 6.07) is 3.59. The van der Waals surface area contributed by atoms with E-state index >= 15 is 0 Å². The number of unbranched alkanes of at least 4 members (excludes halogenated alkanes) is 1. The molecule has 0 saturated heterocycles. The van der Waals surface area contributed by atoms with Crippen LogP contribution >= 0.6 is 11.3 Å². The Morgan fingerprint density at radius 1 is 1.30 bits per heavy atom. The van der Waals surface area contributed by atoms with Crippen molar-refractivity contribution in [1.82, 2.24) is 25.4 Å². The smallest absolute Gasteiger partial charge is 0.280 e. The third-order valence-electron chi connectivity index (χ3n) is 3.10. The van der Waals surface area contributed by atoms with E-state index in [9.17, 15) is 4.79 Å². The minimum atomic E-state index is -0.177. The van der Waals surface area contributed by atoms with Crippen LogP contribution in [0.4, 0.5) is 0 Å². The average molecular weight is 329 g/mol. The Hall–Kier alpha value is -2.61. The van der Waals surface area contributed by atoms with Crippen molar-refractivity contribution in [2.24, 2.45) is 0 Å². The molecule has 7 nitrogen and oxygen atoms in total. The van der Waals surface area contributed by atoms with Crippen LogP contribution in [0.2, 0.25) is 0 Å². The molecule has 0 aliphatic carbocycles. The number of nitrogens with one attached hydrogen (secondary N) is 1. The maximum atomic E-state index is 12.0. The zero-order chi connectivity index (χ0) is 16.1. The highest BCUT2D eigenvalue weighted by Crippen LogP contribution is 2.23. The molecule has 3 aromatic rings. The summed E-state index contributed by atoms with van der Waals surface area (Å²) in [6.07, 6.45) is 5.30. The first-order chi connectivity index (χ1) is 11.3. The molecule has 1 N–H and O–H groups in total. The second-order valence-corrected chi connectivity index (χ2v) is 5.66. The number of nitrogens with zero attached hydrogens (tertiary/aromatic N) is 4. The van der Waals surface area contributed by atoms with Crippen molar-refractivity contribution in [3.8, 4) is 23.0 Å². The zero-order valence-corrected chi connectivity index (χ0v) is 13.3. The third-order valence-corrected chi connectivity index (χ3v) is 3.94. The monoisotopic (exact) mass is 329 g/mol. The topological polar surface area (TPSA) is 93.8 Å². The average Bonchev–Trinajstić information content (AvgIpc) is 3.25. The molecular weight excluding hydrogens is 314 g/mol. The van der Waals surface area contributed by atoms with Crippen LogP contribution in [0.25, 0.3) is 23.0 Å². The molecule has 0 atom stereocenters. The van der Waals surface area contributed by atoms with Gasteiger partial charge in [0.05, 0.1) is 0 Å². The molecule has 0 radical (unpaired) electrons. The van der Waals surface area contributed by atoms with Crippen LogP contribution < -0.4 is 5.32 Å². The summed E-state index contributed by atoms with van der Waals surface area (Å²) < 4.78 is 5.23. The Labute approximate surface area is 136 Å². The molecule has 3 rings (SSSR count). The van der Waals surface area contributed by atoms with Gasteiger partial charge in [-0.15, -0.1) is 11.3 Å². The molecule has 0 spiro atoms. The van der Waals surface area contributed by atoms with Gasteiger partial charge < -0.3 is 9.84 Å². The minimum Gasteiger partial charge on any atom is -0.350 e. The van der Waals surface area contributed by atoms with Gasteiger partial charge in [-0.3, -0.25) is 9.78 Å². The molecule has 3 aromatic heterocycles. The highest BCUT2D eigenvalue weighted by molar-refractivity contribution is 7.12. The van der Waals surface area contributed by atoms with Gasteiger partial charge in [-0.2, -0.15) is 4.98 Å². The number of carbonyl (C=O) groups is 1. The predicted octanol–water partition coefficient (Wildman–Crippen LogP) is 2.79. The van der Waals surface area contributed by atoms with Gasteiger partial charge in [0, 0.05) is 29.9 Å². The molecule has 0 unspecified atom stereocenters. The van der Waals surface area contributed by atoms with Crippen molar-refractivity contribution in [2.45, 2.75) is 19.8 Å². The number of aromatic nitrogens is 4. The molecule has 0 fully saturated rings. The maximum absolute atomic E-state index is 12.0. The lowest BCUT2D eigenvalue weighted by Crippen LogP contribution is -2.24. The first-order valence-corrected chi connectivity index (χ1v) is 8.14. The van der Waals surface area contributed by atoms with E-state index in [0.717, 1.165) is 18.4 Å². The van der Waals surface area contributed by atoms with Crippen LogP contribution in [-0.4, -0.2) is 32.6 Å². The summed E-state index contributed by atoms with van der Waals surface area (Å²) in [6.45, 7) is 2.72. The fraction of sp³-hybridized carbons (Fsp3) is 0.267. The molecule has 0 saturated carbocycles. The van der Waals surface area contributed by atoms with Crippen LogP contribution in [0.3, 0.4) is 0 Å². The van der Waals surface area contributed by atoms with Crippen molar-refractivity contribution in [1.29, 1.82) is 0 Å². The van der Waals surface area contributed by atoms with Crippen molar-refractivity contribution >= 4 is 17.2 Å². The Balaban J connectivity index is 1.73. The van der Waals surface area contributed by atoms with Gasteiger partial charge in [-0.25, -0.2) is 4.98 Å². The SMILES string of the molecule is CCCCNC(=O)c1nc(-c2nc(-c3ccncc3)no2)cs1. The minimum absolute atomic E-state index is 0.177. The second-order valence-electron chi connectivity index (χ2n) is 4.81. The summed E-state index contributed by atoms with van der Waals surface area (Å²) >= 11 is 1.25. The van der Waals surface area contributed by atoms with Gasteiger partial charge in [0.2, 0.25) is 5.82 Å². The Bertz CT molecular complexity index is 784. The fourth-order valence-electron chi connectivity index (χ4n) is 1.88. The van der Waals surface area contributed by atoms with E-state index < -0.39 is 0 Å². The standard InChI is InChI=1S/C15H15N5O2S/c1-2-3-6-17-13(21)15-18-11(9-23-15)14-19-12(20-22-14)10-4-7-16-8-5-10/h4-5,7-9H,2-3,6H2,1H3,(H,17,21). The molecule has 0 aliphatic heterocycles. The summed E-state index contributed by atoms with van der Waals surface area (Å²) in [7, 11) is 0. The number of carbonyl (C=O) groups excluding carboxylic acids is 1. The lowest BCUT2D eigenvalue weighted by Gasteiger charge is -1.99. The van der Waals surface area contributed by atoms with Crippen LogP contribution in [0, 0.1) is 0 Å². The maximum Gasteiger partial charge on any atom is 0.280 e. The van der Waals surface area contributed by atoms with Crippen molar-refractivity contribution in [3.63, 3.8) is 0 Å². The number of thiazole rings is 1. The molecule has 23 heavy (non-hydrogen) atoms. The molecule has 8 heteroatoms. The van der Waals surface area contributed by atoms with Gasteiger partial charge in [0.1, 0.15) is 5.69 Å². The second kappa shape index (κ2) is 7.10. The lowest BCUT2D eigenvalue weighted by atomic mass is 10.2. The fourth-order valence-corrected chi connectivity index (χ4v) is 2.58. The number of rotatable bonds is 6. The van der Waals surface area contributed by atoms with Crippen LogP contribution in [0.5, 0.6) is 0 Å². The highest BCUT2D eigenvalue weighted by atomic mass is 32.1. The van der Waals surface area contributed by atoms with E-state index in [0.29, 0.717) is 29.0 Å². The van der Waals surface area contributed by atoms with Crippen molar-refractivity contribution in [2.75, 3.05) is 6.54 Å². The van der Waals surface area contributed by atoms with Gasteiger partial charge in [0.15, 0.2) is 5.01 Å². The van der Waals surface area contributed by atoms with Gasteiger partial charge in [-0.05, 0) is 18.6 Å². The molecule has 118 valence electrons. The zero-order valence-electron chi connectivity index (χ0n) is 12.5. The summed E-state index contributed by atoms with van der Waals surface area (Å²) in [5.41, 5.74) is 1.31. The first kappa shape index (κ1) is 15.3. The van der Waals surface area contributed by atoms with Crippen molar-refractivity contribution < 1.29 is 9.32 Å². The molecular formula is C15H15N5O2S. The van der Waals surface area contributed by atoms with E-state index in [4.69, 9.17) is 4.52 Å². The van der Waals surface area contributed by atoms with E-state index in [-0.39, 0.29) is 5.91 Å². The van der Waals surface area contributed by atoms with Crippen LogP contribution in [-0.2, 0) is 0 Å². The molecule has 0 aliphatic rings. The predicted molar refractivity (Wildman–Crippen MR) is 85.9 cm³/mol. The summed E-state index contributed by atoms with van der Waals surface area (Å²) in [5.74, 6) is 0.577. The van der Waals surface area contributed by atoms with E-state index in [1.165, 1.54) is 11.3 Å². The molecule has 0 bridgehead atoms. The van der Waals surface area contributed by atoms with E-state index in [2.05, 4.69) is 32.3 Å². The molecule has 1 amide bonds. The third kappa shape index (κ3) is 3.59. The van der Waals surface area contributed by atoms with Crippen LogP contribution in [0.1, 0.15) is 29.6 Å². The quantitative estimate of drug-likeness (QED) is 0.699. The van der Waals surface area contributed by atoms with Gasteiger partial charge >= 0.3 is 0 Å². The summed E-state index contributed by atoms with van der Waals surface area (Å²) in [5, 5.41) is 8.88. The Kier molecular flexibility index (Phi) is 4.72. The van der Waals surface area contributed by atoms with E-state index in [1.807, 2.05) is 0 Å². The normalized spacial score (nSPS) is 10.7. The number of hydrogen-bond acceptors (Lipinski definition) is 7. The first-order valence-electron chi connectivity index (χ1n) is 7.26. The van der Waals surface area contributed by atoms with Gasteiger partial charge in [-0.1, -0.05) is 18.5 Å². The van der Waals surface area contributed by atoms with Gasteiger partial charge in [0.25, 0.3) is 11.8 Å². The Morgan fingerprint density at radius 3 is 2.91 bits per heavy atom. The number of amides is 1. The van der Waals surface area contributed by atoms with Crippen LogP contribution in [0.15, 0.2) is 34.4 Å². The number of pyridine rings is 1. The summed E-state index contributed by atoms with van der Waals surface area (Å²) in [4.78, 5) is 24.5. The Morgan fingerprint density at radius 2 is 2.13 bits per heavy atom. The van der Waals surface area contributed by atoms with Crippen molar-refractivity contribution in [3.05, 3.63) is 34.9 Å². The number of hydrogen-bond donors (Lipinski definition) is 1. The van der Waals surface area contributed by atoms with E-state index in [1.54, 1.807) is 29.9 Å². The molecule has 3 heterocycles. The molecule has 0 aromatic carbocycles. The largest absolute Gasteiger partial charge is 0.350 e. The lowest BCUT2D eigenvalue weighted by molar-refractivity contribution is 0.0953.